The van der Waals surface area contributed by atoms with E-state index >= 15 is 0 Å². The molecule has 0 saturated carbocycles. The monoisotopic (exact) mass is 357 g/mol. The second kappa shape index (κ2) is 8.91. The average Bonchev–Trinajstić information content (AvgIpc) is 2.83. The predicted molar refractivity (Wildman–Crippen MR) is 102 cm³/mol. The van der Waals surface area contributed by atoms with Crippen LogP contribution in [0.4, 0.5) is 5.69 Å². The fraction of sp³-hybridized carbons (Fsp3) is 0.526. The molecular weight excluding hydrogens is 330 g/mol. The summed E-state index contributed by atoms with van der Waals surface area (Å²) < 4.78 is 1.79. The Morgan fingerprint density at radius 3 is 2.50 bits per heavy atom. The Morgan fingerprint density at radius 1 is 1.15 bits per heavy atom. The quantitative estimate of drug-likeness (QED) is 0.468. The zero-order valence-electron chi connectivity index (χ0n) is 15.4. The van der Waals surface area contributed by atoms with Gasteiger partial charge < -0.3 is 10.2 Å². The lowest BCUT2D eigenvalue weighted by atomic mass is 10.1. The number of benzene rings is 1. The van der Waals surface area contributed by atoms with E-state index in [4.69, 9.17) is 0 Å². The Hall–Kier alpha value is -2.25. The van der Waals surface area contributed by atoms with Gasteiger partial charge in [0.1, 0.15) is 0 Å². The van der Waals surface area contributed by atoms with Crippen LogP contribution >= 0.6 is 0 Å². The molecule has 1 aliphatic rings. The molecule has 7 heteroatoms. The molecule has 1 aliphatic heterocycles. The molecule has 0 radical (unpaired) electrons. The molecule has 0 unspecified atom stereocenters. The number of non-ortho nitro benzene ring substituents is 1. The lowest BCUT2D eigenvalue weighted by Crippen LogP contribution is -2.32. The van der Waals surface area contributed by atoms with E-state index in [0.29, 0.717) is 0 Å². The highest BCUT2D eigenvalue weighted by Crippen LogP contribution is 2.24. The summed E-state index contributed by atoms with van der Waals surface area (Å²) in [5.41, 5.74) is 2.99. The summed E-state index contributed by atoms with van der Waals surface area (Å²) in [5, 5.41) is 18.9. The van der Waals surface area contributed by atoms with E-state index in [0.717, 1.165) is 36.5 Å². The molecule has 26 heavy (non-hydrogen) atoms. The topological polar surface area (TPSA) is 76.2 Å². The number of nitrogens with one attached hydrogen (secondary N) is 1. The van der Waals surface area contributed by atoms with Gasteiger partial charge in [0.15, 0.2) is 0 Å². The van der Waals surface area contributed by atoms with Crippen LogP contribution in [0.15, 0.2) is 30.5 Å². The zero-order valence-corrected chi connectivity index (χ0v) is 15.4. The van der Waals surface area contributed by atoms with E-state index in [-0.39, 0.29) is 10.6 Å². The average molecular weight is 357 g/mol. The molecule has 3 rings (SSSR count). The second-order valence-electron chi connectivity index (χ2n) is 6.91. The number of nitrogens with zero attached hydrogens (tertiary/aromatic N) is 4. The van der Waals surface area contributed by atoms with E-state index in [1.807, 2.05) is 13.2 Å². The number of rotatable bonds is 7. The van der Waals surface area contributed by atoms with Crippen molar-refractivity contribution in [3.8, 4) is 11.3 Å². The van der Waals surface area contributed by atoms with Gasteiger partial charge in [-0.25, -0.2) is 0 Å². The van der Waals surface area contributed by atoms with E-state index in [1.54, 1.807) is 16.8 Å². The number of likely N-dealkylation sites (tertiary alicyclic amines) is 1. The van der Waals surface area contributed by atoms with E-state index in [2.05, 4.69) is 15.3 Å². The summed E-state index contributed by atoms with van der Waals surface area (Å²) >= 11 is 0. The van der Waals surface area contributed by atoms with Gasteiger partial charge in [0, 0.05) is 56.1 Å². The van der Waals surface area contributed by atoms with Crippen molar-refractivity contribution in [2.45, 2.75) is 32.2 Å². The lowest BCUT2D eigenvalue weighted by Gasteiger charge is -2.19. The summed E-state index contributed by atoms with van der Waals surface area (Å²) in [5.74, 6) is 0. The third-order valence-corrected chi connectivity index (χ3v) is 4.88. The number of nitro groups is 1. The Bertz CT molecular complexity index is 718. The van der Waals surface area contributed by atoms with Gasteiger partial charge in [0.2, 0.25) is 0 Å². The first kappa shape index (κ1) is 18.5. The molecule has 1 aromatic carbocycles. The Kier molecular flexibility index (Phi) is 6.35. The SMILES string of the molecule is Cn1cc(CNCCN2CCCCCC2)c(-c2ccc([N+](=O)[O-])cc2)n1. The summed E-state index contributed by atoms with van der Waals surface area (Å²) in [6.07, 6.45) is 7.35. The smallest absolute Gasteiger partial charge is 0.269 e. The van der Waals surface area contributed by atoms with Gasteiger partial charge >= 0.3 is 0 Å². The Balaban J connectivity index is 1.57. The number of hydrogen-bond donors (Lipinski definition) is 1. The molecule has 7 nitrogen and oxygen atoms in total. The highest BCUT2D eigenvalue weighted by molar-refractivity contribution is 5.64. The summed E-state index contributed by atoms with van der Waals surface area (Å²) in [7, 11) is 1.90. The van der Waals surface area contributed by atoms with Crippen molar-refractivity contribution in [2.24, 2.45) is 7.05 Å². The van der Waals surface area contributed by atoms with Gasteiger partial charge in [-0.1, -0.05) is 12.8 Å². The third-order valence-electron chi connectivity index (χ3n) is 4.88. The molecule has 0 aliphatic carbocycles. The van der Waals surface area contributed by atoms with Crippen LogP contribution in [-0.4, -0.2) is 45.8 Å². The van der Waals surface area contributed by atoms with Gasteiger partial charge in [0.25, 0.3) is 5.69 Å². The van der Waals surface area contributed by atoms with Crippen LogP contribution in [0.5, 0.6) is 0 Å². The van der Waals surface area contributed by atoms with Crippen molar-refractivity contribution in [1.29, 1.82) is 0 Å². The first-order valence-electron chi connectivity index (χ1n) is 9.34. The molecule has 0 spiro atoms. The number of aryl methyl sites for hydroxylation is 1. The summed E-state index contributed by atoms with van der Waals surface area (Å²) in [4.78, 5) is 13.0. The maximum absolute atomic E-state index is 10.8. The summed E-state index contributed by atoms with van der Waals surface area (Å²) in [6.45, 7) is 5.20. The molecule has 1 fully saturated rings. The normalized spacial score (nSPS) is 15.7. The number of hydrogen-bond acceptors (Lipinski definition) is 5. The second-order valence-corrected chi connectivity index (χ2v) is 6.91. The first-order valence-corrected chi connectivity index (χ1v) is 9.34. The molecule has 1 aromatic heterocycles. The zero-order chi connectivity index (χ0) is 18.4. The maximum atomic E-state index is 10.8. The van der Waals surface area contributed by atoms with Crippen LogP contribution in [0.3, 0.4) is 0 Å². The molecule has 2 aromatic rings. The van der Waals surface area contributed by atoms with Gasteiger partial charge in [-0.15, -0.1) is 0 Å². The van der Waals surface area contributed by atoms with Crippen LogP contribution in [0.1, 0.15) is 31.2 Å². The molecule has 1 N–H and O–H groups in total. The number of nitro benzene ring substituents is 1. The van der Waals surface area contributed by atoms with Gasteiger partial charge in [-0.2, -0.15) is 5.10 Å². The Labute approximate surface area is 154 Å². The predicted octanol–water partition coefficient (Wildman–Crippen LogP) is 2.96. The number of aromatic nitrogens is 2. The minimum Gasteiger partial charge on any atom is -0.311 e. The maximum Gasteiger partial charge on any atom is 0.269 e. The van der Waals surface area contributed by atoms with Crippen LogP contribution in [-0.2, 0) is 13.6 Å². The lowest BCUT2D eigenvalue weighted by molar-refractivity contribution is -0.384. The molecule has 0 atom stereocenters. The standard InChI is InChI=1S/C19H27N5O2/c1-22-15-17(14-20-10-13-23-11-4-2-3-5-12-23)19(21-22)16-6-8-18(9-7-16)24(25)26/h6-9,15,20H,2-5,10-14H2,1H3. The van der Waals surface area contributed by atoms with E-state index in [1.165, 1.54) is 50.9 Å². The van der Waals surface area contributed by atoms with Crippen molar-refractivity contribution in [1.82, 2.24) is 20.0 Å². The van der Waals surface area contributed by atoms with Crippen LogP contribution in [0.2, 0.25) is 0 Å². The highest BCUT2D eigenvalue weighted by Gasteiger charge is 2.13. The van der Waals surface area contributed by atoms with Gasteiger partial charge in [-0.3, -0.25) is 14.8 Å². The largest absolute Gasteiger partial charge is 0.311 e. The minimum absolute atomic E-state index is 0.0989. The molecule has 2 heterocycles. The molecule has 140 valence electrons. The fourth-order valence-electron chi connectivity index (χ4n) is 3.47. The molecule has 0 amide bonds. The minimum atomic E-state index is -0.381. The van der Waals surface area contributed by atoms with Crippen LogP contribution < -0.4 is 5.32 Å². The van der Waals surface area contributed by atoms with Crippen LogP contribution in [0, 0.1) is 10.1 Å². The highest BCUT2D eigenvalue weighted by atomic mass is 16.6. The van der Waals surface area contributed by atoms with E-state index < -0.39 is 0 Å². The van der Waals surface area contributed by atoms with Gasteiger partial charge in [-0.05, 0) is 38.1 Å². The van der Waals surface area contributed by atoms with Crippen LogP contribution in [0.25, 0.3) is 11.3 Å². The Morgan fingerprint density at radius 2 is 1.85 bits per heavy atom. The first-order chi connectivity index (χ1) is 12.6. The summed E-state index contributed by atoms with van der Waals surface area (Å²) in [6, 6.07) is 6.59. The van der Waals surface area contributed by atoms with Crippen molar-refractivity contribution in [3.05, 3.63) is 46.1 Å². The van der Waals surface area contributed by atoms with Crippen molar-refractivity contribution < 1.29 is 4.92 Å². The third kappa shape index (κ3) is 4.89. The fourth-order valence-corrected chi connectivity index (χ4v) is 3.47. The van der Waals surface area contributed by atoms with Crippen molar-refractivity contribution >= 4 is 5.69 Å². The van der Waals surface area contributed by atoms with Gasteiger partial charge in [0.05, 0.1) is 10.6 Å². The molecule has 0 bridgehead atoms. The van der Waals surface area contributed by atoms with Crippen molar-refractivity contribution in [2.75, 3.05) is 26.2 Å². The van der Waals surface area contributed by atoms with Crippen molar-refractivity contribution in [3.63, 3.8) is 0 Å². The molecule has 1 saturated heterocycles. The van der Waals surface area contributed by atoms with E-state index in [9.17, 15) is 10.1 Å². The molecular formula is C19H27N5O2.